The summed E-state index contributed by atoms with van der Waals surface area (Å²) >= 11 is 6.15. The molecule has 0 aliphatic carbocycles. The van der Waals surface area contributed by atoms with Crippen LogP contribution < -0.4 is 21.9 Å². The van der Waals surface area contributed by atoms with Crippen LogP contribution in [0.5, 0.6) is 5.75 Å². The van der Waals surface area contributed by atoms with E-state index in [0.717, 1.165) is 5.56 Å². The van der Waals surface area contributed by atoms with Crippen molar-refractivity contribution in [2.75, 3.05) is 0 Å². The maximum absolute atomic E-state index is 6.15. The highest BCUT2D eigenvalue weighted by Gasteiger charge is 2.04. The highest BCUT2D eigenvalue weighted by Crippen LogP contribution is 2.29. The van der Waals surface area contributed by atoms with Crippen molar-refractivity contribution in [1.29, 1.82) is 0 Å². The third kappa shape index (κ3) is 4.64. The molecule has 2 rings (SSSR count). The van der Waals surface area contributed by atoms with Crippen LogP contribution in [0.3, 0.4) is 0 Å². The molecule has 2 aromatic rings. The van der Waals surface area contributed by atoms with Crippen LogP contribution in [0.2, 0.25) is 5.02 Å². The first-order chi connectivity index (χ1) is 10.5. The molecule has 0 saturated carbocycles. The fraction of sp³-hybridized carbons (Fsp3) is 0.0714. The number of benzene rings is 1. The molecule has 7 nitrogen and oxygen atoms in total. The predicted octanol–water partition coefficient (Wildman–Crippen LogP) is 1.53. The van der Waals surface area contributed by atoms with Crippen LogP contribution in [0.15, 0.2) is 52.7 Å². The molecular formula is C14H15ClN6O. The molecule has 114 valence electrons. The Morgan fingerprint density at radius 3 is 2.68 bits per heavy atom. The van der Waals surface area contributed by atoms with Gasteiger partial charge in [0.05, 0.1) is 10.7 Å². The van der Waals surface area contributed by atoms with Crippen LogP contribution in [0, 0.1) is 0 Å². The van der Waals surface area contributed by atoms with E-state index in [1.807, 2.05) is 12.1 Å². The smallest absolute Gasteiger partial charge is 0.223 e. The van der Waals surface area contributed by atoms with Gasteiger partial charge in [-0.1, -0.05) is 17.7 Å². The Labute approximate surface area is 132 Å². The molecule has 0 spiro atoms. The molecule has 0 radical (unpaired) electrons. The summed E-state index contributed by atoms with van der Waals surface area (Å²) < 4.78 is 5.63. The van der Waals surface area contributed by atoms with E-state index in [0.29, 0.717) is 23.1 Å². The molecule has 22 heavy (non-hydrogen) atoms. The van der Waals surface area contributed by atoms with Crippen LogP contribution in [0.1, 0.15) is 5.56 Å². The number of nitrogens with two attached hydrogens (primary N) is 3. The van der Waals surface area contributed by atoms with Gasteiger partial charge in [0, 0.05) is 18.0 Å². The van der Waals surface area contributed by atoms with Crippen LogP contribution in [-0.2, 0) is 6.61 Å². The molecule has 0 unspecified atom stereocenters. The summed E-state index contributed by atoms with van der Waals surface area (Å²) in [5.41, 5.74) is 17.4. The lowest BCUT2D eigenvalue weighted by molar-refractivity contribution is 0.306. The van der Waals surface area contributed by atoms with E-state index in [-0.39, 0.29) is 11.9 Å². The lowest BCUT2D eigenvalue weighted by atomic mass is 10.3. The SMILES string of the molecule is NC(N)=NC(N)=Nc1ccc(OCc2cccnc2)c(Cl)c1. The quantitative estimate of drug-likeness (QED) is 0.582. The number of ether oxygens (including phenoxy) is 1. The van der Waals surface area contributed by atoms with Gasteiger partial charge in [0.15, 0.2) is 5.96 Å². The van der Waals surface area contributed by atoms with Crippen molar-refractivity contribution in [1.82, 2.24) is 4.98 Å². The summed E-state index contributed by atoms with van der Waals surface area (Å²) in [6.45, 7) is 0.367. The number of guanidine groups is 2. The van der Waals surface area contributed by atoms with Crippen molar-refractivity contribution in [2.24, 2.45) is 27.2 Å². The summed E-state index contributed by atoms with van der Waals surface area (Å²) in [6, 6.07) is 8.75. The van der Waals surface area contributed by atoms with Gasteiger partial charge >= 0.3 is 0 Å². The maximum Gasteiger partial charge on any atom is 0.223 e. The molecule has 6 N–H and O–H groups in total. The van der Waals surface area contributed by atoms with Crippen LogP contribution >= 0.6 is 11.6 Å². The summed E-state index contributed by atoms with van der Waals surface area (Å²) in [6.07, 6.45) is 3.42. The lowest BCUT2D eigenvalue weighted by Crippen LogP contribution is -2.26. The van der Waals surface area contributed by atoms with E-state index >= 15 is 0 Å². The average molecular weight is 319 g/mol. The number of aliphatic imine (C=N–C) groups is 2. The van der Waals surface area contributed by atoms with E-state index in [1.165, 1.54) is 0 Å². The highest BCUT2D eigenvalue weighted by molar-refractivity contribution is 6.32. The number of pyridine rings is 1. The maximum atomic E-state index is 6.15. The molecule has 1 aromatic carbocycles. The van der Waals surface area contributed by atoms with E-state index < -0.39 is 0 Å². The number of hydrogen-bond acceptors (Lipinski definition) is 3. The first-order valence-electron chi connectivity index (χ1n) is 6.29. The van der Waals surface area contributed by atoms with Crippen molar-refractivity contribution in [3.63, 3.8) is 0 Å². The third-order valence-electron chi connectivity index (χ3n) is 2.52. The van der Waals surface area contributed by atoms with Crippen LogP contribution in [0.4, 0.5) is 5.69 Å². The van der Waals surface area contributed by atoms with Gasteiger partial charge in [-0.25, -0.2) is 4.99 Å². The van der Waals surface area contributed by atoms with Crippen molar-refractivity contribution in [3.8, 4) is 5.75 Å². The second kappa shape index (κ2) is 7.28. The van der Waals surface area contributed by atoms with E-state index in [2.05, 4.69) is 15.0 Å². The zero-order valence-electron chi connectivity index (χ0n) is 11.6. The van der Waals surface area contributed by atoms with Crippen molar-refractivity contribution >= 4 is 29.2 Å². The Morgan fingerprint density at radius 2 is 2.05 bits per heavy atom. The fourth-order valence-corrected chi connectivity index (χ4v) is 1.84. The molecule has 0 aliphatic rings. The largest absolute Gasteiger partial charge is 0.487 e. The minimum atomic E-state index is -0.163. The molecule has 0 atom stereocenters. The molecule has 0 fully saturated rings. The standard InChI is InChI=1S/C14H15ClN6O/c15-11-6-10(20-14(18)21-13(16)17)3-4-12(11)22-8-9-2-1-5-19-7-9/h1-7H,8H2,(H6,16,17,18,20,21). The lowest BCUT2D eigenvalue weighted by Gasteiger charge is -2.08. The van der Waals surface area contributed by atoms with Crippen LogP contribution in [0.25, 0.3) is 0 Å². The molecule has 0 bridgehead atoms. The fourth-order valence-electron chi connectivity index (χ4n) is 1.61. The molecular weight excluding hydrogens is 304 g/mol. The summed E-state index contributed by atoms with van der Waals surface area (Å²) in [5, 5.41) is 0.405. The van der Waals surface area contributed by atoms with Crippen molar-refractivity contribution < 1.29 is 4.74 Å². The van der Waals surface area contributed by atoms with Crippen molar-refractivity contribution in [3.05, 3.63) is 53.3 Å². The highest BCUT2D eigenvalue weighted by atomic mass is 35.5. The van der Waals surface area contributed by atoms with E-state index in [9.17, 15) is 0 Å². The van der Waals surface area contributed by atoms with Gasteiger partial charge < -0.3 is 21.9 Å². The predicted molar refractivity (Wildman–Crippen MR) is 87.1 cm³/mol. The molecule has 1 aromatic heterocycles. The summed E-state index contributed by atoms with van der Waals surface area (Å²) in [5.74, 6) is 0.314. The first kappa shape index (κ1) is 15.6. The number of nitrogens with zero attached hydrogens (tertiary/aromatic N) is 3. The average Bonchev–Trinajstić information content (AvgIpc) is 2.46. The monoisotopic (exact) mass is 318 g/mol. The molecule has 0 aliphatic heterocycles. The van der Waals surface area contributed by atoms with Gasteiger partial charge in [0.2, 0.25) is 5.96 Å². The number of rotatable bonds is 4. The zero-order valence-corrected chi connectivity index (χ0v) is 12.4. The van der Waals surface area contributed by atoms with Gasteiger partial charge in [0.25, 0.3) is 0 Å². The molecule has 1 heterocycles. The first-order valence-corrected chi connectivity index (χ1v) is 6.67. The van der Waals surface area contributed by atoms with Gasteiger partial charge in [-0.2, -0.15) is 4.99 Å². The van der Waals surface area contributed by atoms with Gasteiger partial charge in [0.1, 0.15) is 12.4 Å². The van der Waals surface area contributed by atoms with E-state index in [4.69, 9.17) is 33.5 Å². The Hall–Kier alpha value is -2.80. The Balaban J connectivity index is 2.08. The van der Waals surface area contributed by atoms with Gasteiger partial charge in [-0.3, -0.25) is 4.98 Å². The second-order valence-electron chi connectivity index (χ2n) is 4.27. The Morgan fingerprint density at radius 1 is 1.23 bits per heavy atom. The number of halogens is 1. The second-order valence-corrected chi connectivity index (χ2v) is 4.68. The van der Waals surface area contributed by atoms with Gasteiger partial charge in [-0.05, 0) is 24.3 Å². The zero-order chi connectivity index (χ0) is 15.9. The Kier molecular flexibility index (Phi) is 5.16. The Bertz CT molecular complexity index is 698. The summed E-state index contributed by atoms with van der Waals surface area (Å²) in [7, 11) is 0. The minimum absolute atomic E-state index is 0.0555. The van der Waals surface area contributed by atoms with Gasteiger partial charge in [-0.15, -0.1) is 0 Å². The van der Waals surface area contributed by atoms with E-state index in [1.54, 1.807) is 30.6 Å². The summed E-state index contributed by atoms with van der Waals surface area (Å²) in [4.78, 5) is 11.6. The van der Waals surface area contributed by atoms with Crippen molar-refractivity contribution in [2.45, 2.75) is 6.61 Å². The topological polar surface area (TPSA) is 125 Å². The number of hydrogen-bond donors (Lipinski definition) is 3. The normalized spacial score (nSPS) is 11.0. The molecule has 8 heteroatoms. The van der Waals surface area contributed by atoms with Crippen LogP contribution in [-0.4, -0.2) is 16.9 Å². The number of aromatic nitrogens is 1. The molecule has 0 amide bonds. The minimum Gasteiger partial charge on any atom is -0.487 e. The molecule has 0 saturated heterocycles. The third-order valence-corrected chi connectivity index (χ3v) is 2.82.